The predicted octanol–water partition coefficient (Wildman–Crippen LogP) is 5.82. The summed E-state index contributed by atoms with van der Waals surface area (Å²) in [7, 11) is 3.84. The third kappa shape index (κ3) is 6.51. The van der Waals surface area contributed by atoms with E-state index in [1.54, 1.807) is 12.1 Å². The molecular formula is C33H36ClFN8O2. The van der Waals surface area contributed by atoms with Crippen molar-refractivity contribution < 1.29 is 13.9 Å². The van der Waals surface area contributed by atoms with E-state index in [9.17, 15) is 4.39 Å². The molecular weight excluding hydrogens is 595 g/mol. The molecule has 2 fully saturated rings. The number of piperidine rings is 1. The summed E-state index contributed by atoms with van der Waals surface area (Å²) < 4.78 is 28.2. The van der Waals surface area contributed by atoms with Gasteiger partial charge in [-0.25, -0.2) is 14.4 Å². The van der Waals surface area contributed by atoms with Crippen molar-refractivity contribution in [3.8, 4) is 17.3 Å². The van der Waals surface area contributed by atoms with Gasteiger partial charge in [-0.1, -0.05) is 23.7 Å². The summed E-state index contributed by atoms with van der Waals surface area (Å²) in [5, 5.41) is 7.71. The molecule has 0 saturated carbocycles. The number of benzene rings is 2. The highest BCUT2D eigenvalue weighted by Crippen LogP contribution is 2.31. The van der Waals surface area contributed by atoms with E-state index in [1.807, 2.05) is 31.1 Å². The molecule has 1 atom stereocenters. The number of H-pyrrole nitrogens is 1. The maximum Gasteiger partial charge on any atom is 0.244 e. The van der Waals surface area contributed by atoms with Gasteiger partial charge >= 0.3 is 0 Å². The zero-order valence-corrected chi connectivity index (χ0v) is 26.2. The average Bonchev–Trinajstić information content (AvgIpc) is 3.64. The average molecular weight is 631 g/mol. The van der Waals surface area contributed by atoms with Gasteiger partial charge in [0.15, 0.2) is 5.82 Å². The van der Waals surface area contributed by atoms with Gasteiger partial charge in [0.25, 0.3) is 0 Å². The molecule has 1 N–H and O–H groups in total. The predicted molar refractivity (Wildman–Crippen MR) is 171 cm³/mol. The van der Waals surface area contributed by atoms with E-state index >= 15 is 0 Å². The molecule has 2 aliphatic heterocycles. The van der Waals surface area contributed by atoms with Gasteiger partial charge in [-0.3, -0.25) is 10.00 Å². The lowest BCUT2D eigenvalue weighted by Gasteiger charge is -2.32. The van der Waals surface area contributed by atoms with Crippen molar-refractivity contribution >= 4 is 28.6 Å². The second kappa shape index (κ2) is 12.7. The fourth-order valence-electron chi connectivity index (χ4n) is 5.98. The molecule has 7 rings (SSSR count). The van der Waals surface area contributed by atoms with Crippen LogP contribution in [0.4, 0.5) is 10.3 Å². The molecule has 2 aromatic carbocycles. The monoisotopic (exact) mass is 630 g/mol. The largest absolute Gasteiger partial charge is 0.473 e. The van der Waals surface area contributed by atoms with Crippen LogP contribution in [0.1, 0.15) is 42.3 Å². The summed E-state index contributed by atoms with van der Waals surface area (Å²) in [5.74, 6) is 2.86. The van der Waals surface area contributed by atoms with E-state index in [-0.39, 0.29) is 18.5 Å². The molecule has 0 unspecified atom stereocenters. The van der Waals surface area contributed by atoms with Gasteiger partial charge in [0.05, 0.1) is 30.2 Å². The number of hydrogen-bond acceptors (Lipinski definition) is 8. The lowest BCUT2D eigenvalue weighted by atomic mass is 9.93. The minimum Gasteiger partial charge on any atom is -0.473 e. The number of imidazole rings is 1. The highest BCUT2D eigenvalue weighted by Gasteiger charge is 2.26. The van der Waals surface area contributed by atoms with Crippen molar-refractivity contribution in [3.63, 3.8) is 0 Å². The summed E-state index contributed by atoms with van der Waals surface area (Å²) in [6.07, 6.45) is 3.26. The maximum absolute atomic E-state index is 14.2. The van der Waals surface area contributed by atoms with Crippen molar-refractivity contribution in [3.05, 3.63) is 82.5 Å². The second-order valence-corrected chi connectivity index (χ2v) is 12.4. The van der Waals surface area contributed by atoms with Gasteiger partial charge < -0.3 is 18.9 Å². The summed E-state index contributed by atoms with van der Waals surface area (Å²) in [5.41, 5.74) is 4.46. The Hall–Kier alpha value is -4.06. The van der Waals surface area contributed by atoms with E-state index in [0.717, 1.165) is 86.0 Å². The Bertz CT molecular complexity index is 1790. The molecule has 5 heterocycles. The Morgan fingerprint density at radius 1 is 1.04 bits per heavy atom. The molecule has 12 heteroatoms. The van der Waals surface area contributed by atoms with Crippen molar-refractivity contribution in [2.75, 3.05) is 38.7 Å². The number of hydrogen-bond donors (Lipinski definition) is 1. The molecule has 45 heavy (non-hydrogen) atoms. The third-order valence-corrected chi connectivity index (χ3v) is 8.90. The number of pyridine rings is 1. The van der Waals surface area contributed by atoms with Gasteiger partial charge in [0.2, 0.25) is 11.8 Å². The van der Waals surface area contributed by atoms with Crippen molar-refractivity contribution in [1.82, 2.24) is 34.6 Å². The number of aromatic nitrogens is 6. The summed E-state index contributed by atoms with van der Waals surface area (Å²) in [6.45, 7) is 4.36. The van der Waals surface area contributed by atoms with Crippen LogP contribution < -0.4 is 9.64 Å². The number of aromatic amines is 1. The normalized spacial score (nSPS) is 17.5. The highest BCUT2D eigenvalue weighted by molar-refractivity contribution is 6.30. The third-order valence-electron chi connectivity index (χ3n) is 8.66. The van der Waals surface area contributed by atoms with Gasteiger partial charge in [-0.2, -0.15) is 4.98 Å². The van der Waals surface area contributed by atoms with Crippen LogP contribution in [0.2, 0.25) is 5.02 Å². The first-order valence-corrected chi connectivity index (χ1v) is 15.7. The van der Waals surface area contributed by atoms with Crippen molar-refractivity contribution in [2.24, 2.45) is 0 Å². The molecule has 10 nitrogen and oxygen atoms in total. The number of anilines is 1. The lowest BCUT2D eigenvalue weighted by Crippen LogP contribution is -2.35. The van der Waals surface area contributed by atoms with Crippen LogP contribution in [0, 0.1) is 5.82 Å². The van der Waals surface area contributed by atoms with Crippen LogP contribution >= 0.6 is 11.6 Å². The van der Waals surface area contributed by atoms with Gasteiger partial charge in [-0.05, 0) is 68.8 Å². The van der Waals surface area contributed by atoms with Gasteiger partial charge in [0, 0.05) is 54.5 Å². The molecule has 2 aliphatic rings. The van der Waals surface area contributed by atoms with Gasteiger partial charge in [-0.15, -0.1) is 5.10 Å². The summed E-state index contributed by atoms with van der Waals surface area (Å²) in [4.78, 5) is 18.8. The minimum absolute atomic E-state index is 0.0990. The smallest absolute Gasteiger partial charge is 0.244 e. The molecule has 0 amide bonds. The van der Waals surface area contributed by atoms with E-state index < -0.39 is 0 Å². The first kappa shape index (κ1) is 29.6. The van der Waals surface area contributed by atoms with Gasteiger partial charge in [0.1, 0.15) is 18.2 Å². The summed E-state index contributed by atoms with van der Waals surface area (Å²) in [6, 6.07) is 16.7. The standard InChI is InChI=1S/C33H36ClFN8O2/c1-41(2)33-38-32(39-40-33)22-7-9-29-28(16-22)36-30(43(29)18-25-12-15-44-25)19-42-13-10-21(11-14-42)27-4-3-5-31(37-27)45-20-23-6-8-24(34)17-26(23)35/h3-9,16-17,21,25H,10-15,18-20H2,1-2H3,(H,38,39,40)/t25-/m0/s1. The van der Waals surface area contributed by atoms with Crippen molar-refractivity contribution in [1.29, 1.82) is 0 Å². The quantitative estimate of drug-likeness (QED) is 0.206. The molecule has 2 saturated heterocycles. The zero-order chi connectivity index (χ0) is 30.9. The fraction of sp³-hybridized carbons (Fsp3) is 0.394. The highest BCUT2D eigenvalue weighted by atomic mass is 35.5. The van der Waals surface area contributed by atoms with Crippen LogP contribution in [-0.4, -0.2) is 74.5 Å². The number of halogens is 2. The molecule has 234 valence electrons. The Kier molecular flexibility index (Phi) is 8.39. The molecule has 0 spiro atoms. The second-order valence-electron chi connectivity index (χ2n) is 12.0. The first-order valence-electron chi connectivity index (χ1n) is 15.4. The maximum atomic E-state index is 14.2. The fourth-order valence-corrected chi connectivity index (χ4v) is 6.14. The Morgan fingerprint density at radius 2 is 1.89 bits per heavy atom. The number of likely N-dealkylation sites (tertiary alicyclic amines) is 1. The van der Waals surface area contributed by atoms with Crippen LogP contribution in [0.5, 0.6) is 5.88 Å². The Labute approximate surface area is 266 Å². The molecule has 0 aliphatic carbocycles. The van der Waals surface area contributed by atoms with Crippen LogP contribution in [0.15, 0.2) is 54.6 Å². The van der Waals surface area contributed by atoms with Crippen LogP contribution in [0.25, 0.3) is 22.4 Å². The number of ether oxygens (including phenoxy) is 2. The Balaban J connectivity index is 1.03. The number of nitrogens with one attached hydrogen (secondary N) is 1. The summed E-state index contributed by atoms with van der Waals surface area (Å²) >= 11 is 5.87. The molecule has 0 radical (unpaired) electrons. The van der Waals surface area contributed by atoms with E-state index in [2.05, 4.69) is 48.9 Å². The molecule has 0 bridgehead atoms. The number of rotatable bonds is 10. The first-order chi connectivity index (χ1) is 21.9. The topological polar surface area (TPSA) is 97.2 Å². The van der Waals surface area contributed by atoms with Crippen molar-refractivity contribution in [2.45, 2.75) is 51.0 Å². The van der Waals surface area contributed by atoms with Crippen LogP contribution in [-0.2, 0) is 24.4 Å². The number of nitrogens with zero attached hydrogens (tertiary/aromatic N) is 7. The van der Waals surface area contributed by atoms with E-state index in [0.29, 0.717) is 28.3 Å². The molecule has 5 aromatic rings. The van der Waals surface area contributed by atoms with Crippen LogP contribution in [0.3, 0.4) is 0 Å². The Morgan fingerprint density at radius 3 is 2.62 bits per heavy atom. The lowest BCUT2D eigenvalue weighted by molar-refractivity contribution is -0.0592. The van der Waals surface area contributed by atoms with E-state index in [4.69, 9.17) is 31.0 Å². The minimum atomic E-state index is -0.381. The van der Waals surface area contributed by atoms with E-state index in [1.165, 1.54) is 6.07 Å². The zero-order valence-electron chi connectivity index (χ0n) is 25.4. The SMILES string of the molecule is CN(C)c1n[nH]c(-c2ccc3c(c2)nc(CN2CCC(c4cccc(OCc5ccc(Cl)cc5F)n4)CC2)n3C[C@@H]2CCO2)n1. The molecule has 3 aromatic heterocycles. The number of fused-ring (bicyclic) bond motifs is 1.